The quantitative estimate of drug-likeness (QED) is 0.219. The van der Waals surface area contributed by atoms with Crippen LogP contribution in [0.25, 0.3) is 55.8 Å². The number of carbonyl (C=O) groups is 1. The number of H-pyrrole nitrogens is 2. The molecule has 0 saturated heterocycles. The zero-order chi connectivity index (χ0) is 27.8. The first-order valence-electron chi connectivity index (χ1n) is 12.8. The van der Waals surface area contributed by atoms with Gasteiger partial charge < -0.3 is 16.0 Å². The van der Waals surface area contributed by atoms with Gasteiger partial charge in [-0.25, -0.2) is 14.4 Å². The molecule has 0 unspecified atom stereocenters. The molecular formula is C29H26FN9O. The Balaban J connectivity index is 1.38. The lowest BCUT2D eigenvalue weighted by Crippen LogP contribution is -2.13. The van der Waals surface area contributed by atoms with E-state index in [9.17, 15) is 9.18 Å². The van der Waals surface area contributed by atoms with E-state index < -0.39 is 0 Å². The largest absolute Gasteiger partial charge is 0.335 e. The Labute approximate surface area is 228 Å². The van der Waals surface area contributed by atoms with E-state index in [0.717, 1.165) is 16.5 Å². The highest BCUT2D eigenvalue weighted by atomic mass is 19.1. The summed E-state index contributed by atoms with van der Waals surface area (Å²) in [5, 5.41) is 11.0. The van der Waals surface area contributed by atoms with Crippen LogP contribution in [-0.2, 0) is 11.3 Å². The fourth-order valence-electron chi connectivity index (χ4n) is 4.67. The Morgan fingerprint density at radius 3 is 2.65 bits per heavy atom. The van der Waals surface area contributed by atoms with Crippen LogP contribution in [0.4, 0.5) is 10.1 Å². The molecule has 5 N–H and O–H groups in total. The van der Waals surface area contributed by atoms with Crippen molar-refractivity contribution in [3.05, 3.63) is 72.7 Å². The molecule has 0 bridgehead atoms. The summed E-state index contributed by atoms with van der Waals surface area (Å²) in [6.07, 6.45) is 8.81. The average Bonchev–Trinajstić information content (AvgIpc) is 3.56. The van der Waals surface area contributed by atoms with E-state index >= 15 is 0 Å². The van der Waals surface area contributed by atoms with E-state index in [1.807, 2.05) is 32.0 Å². The first-order chi connectivity index (χ1) is 19.4. The summed E-state index contributed by atoms with van der Waals surface area (Å²) in [5.41, 5.74) is 12.5. The summed E-state index contributed by atoms with van der Waals surface area (Å²) in [6, 6.07) is 8.51. The van der Waals surface area contributed by atoms with Crippen molar-refractivity contribution in [2.24, 2.45) is 11.7 Å². The Kier molecular flexibility index (Phi) is 6.48. The van der Waals surface area contributed by atoms with Gasteiger partial charge >= 0.3 is 0 Å². The maximum absolute atomic E-state index is 14.3. The van der Waals surface area contributed by atoms with Crippen molar-refractivity contribution in [2.75, 3.05) is 5.32 Å². The molecule has 11 heteroatoms. The first-order valence-corrected chi connectivity index (χ1v) is 12.8. The van der Waals surface area contributed by atoms with Crippen LogP contribution in [0.5, 0.6) is 0 Å². The summed E-state index contributed by atoms with van der Waals surface area (Å²) in [7, 11) is 0. The molecular weight excluding hydrogens is 509 g/mol. The highest BCUT2D eigenvalue weighted by Gasteiger charge is 2.17. The van der Waals surface area contributed by atoms with Gasteiger partial charge in [-0.05, 0) is 47.4 Å². The molecule has 0 saturated carbocycles. The summed E-state index contributed by atoms with van der Waals surface area (Å²) >= 11 is 0. The fraction of sp³-hybridized carbons (Fsp3) is 0.172. The number of aromatic nitrogens is 7. The predicted molar refractivity (Wildman–Crippen MR) is 151 cm³/mol. The maximum Gasteiger partial charge on any atom is 0.224 e. The lowest BCUT2D eigenvalue weighted by atomic mass is 10.0. The molecule has 6 rings (SSSR count). The highest BCUT2D eigenvalue weighted by Crippen LogP contribution is 2.33. The van der Waals surface area contributed by atoms with Gasteiger partial charge in [-0.1, -0.05) is 13.8 Å². The molecule has 1 aromatic carbocycles. The number of nitrogens with two attached hydrogens (primary N) is 1. The zero-order valence-corrected chi connectivity index (χ0v) is 21.9. The highest BCUT2D eigenvalue weighted by molar-refractivity contribution is 5.97. The second-order valence-electron chi connectivity index (χ2n) is 10.0. The molecule has 0 aliphatic carbocycles. The molecule has 6 aromatic rings. The van der Waals surface area contributed by atoms with Crippen molar-refractivity contribution in [3.8, 4) is 33.8 Å². The fourth-order valence-corrected chi connectivity index (χ4v) is 4.67. The molecule has 200 valence electrons. The van der Waals surface area contributed by atoms with Gasteiger partial charge in [0.2, 0.25) is 5.91 Å². The first kappa shape index (κ1) is 25.3. The van der Waals surface area contributed by atoms with Gasteiger partial charge in [0, 0.05) is 48.2 Å². The van der Waals surface area contributed by atoms with Crippen molar-refractivity contribution in [3.63, 3.8) is 0 Å². The number of pyridine rings is 3. The minimum Gasteiger partial charge on any atom is -0.335 e. The number of rotatable bonds is 7. The third-order valence-corrected chi connectivity index (χ3v) is 6.49. The number of halogens is 1. The third-order valence-electron chi connectivity index (χ3n) is 6.49. The standard InChI is InChI=1S/C29H26FN9O/c1-15(2)3-25(40)35-21-7-18(10-32-12-21)19-8-22-27(38-39-28(22)34-11-19)29-36-24-14-33-13-23(26(24)37-29)17-4-16(9-31)5-20(30)6-17/h4-8,10-15H,3,9,31H2,1-2H3,(H,35,40)(H,36,37)(H,34,38,39). The number of nitrogens with zero attached hydrogens (tertiary/aromatic N) is 5. The van der Waals surface area contributed by atoms with Crippen LogP contribution >= 0.6 is 0 Å². The van der Waals surface area contributed by atoms with Crippen molar-refractivity contribution >= 4 is 33.7 Å². The zero-order valence-electron chi connectivity index (χ0n) is 21.9. The van der Waals surface area contributed by atoms with Gasteiger partial charge in [0.05, 0.1) is 34.5 Å². The Bertz CT molecular complexity index is 1870. The molecule has 5 heterocycles. The maximum atomic E-state index is 14.3. The summed E-state index contributed by atoms with van der Waals surface area (Å²) < 4.78 is 14.3. The molecule has 1 amide bonds. The summed E-state index contributed by atoms with van der Waals surface area (Å²) in [5.74, 6) is 0.358. The van der Waals surface area contributed by atoms with E-state index in [1.54, 1.807) is 31.0 Å². The van der Waals surface area contributed by atoms with Crippen LogP contribution in [-0.4, -0.2) is 41.0 Å². The van der Waals surface area contributed by atoms with Crippen LogP contribution in [0.1, 0.15) is 25.8 Å². The number of fused-ring (bicyclic) bond motifs is 2. The van der Waals surface area contributed by atoms with Crippen molar-refractivity contribution in [2.45, 2.75) is 26.8 Å². The topological polar surface area (TPSA) is 151 Å². The smallest absolute Gasteiger partial charge is 0.224 e. The van der Waals surface area contributed by atoms with Gasteiger partial charge in [0.25, 0.3) is 0 Å². The van der Waals surface area contributed by atoms with E-state index in [-0.39, 0.29) is 24.2 Å². The summed E-state index contributed by atoms with van der Waals surface area (Å²) in [6.45, 7) is 4.21. The van der Waals surface area contributed by atoms with Crippen LogP contribution in [0.2, 0.25) is 0 Å². The Hall–Kier alpha value is -5.03. The number of aromatic amines is 2. The molecule has 0 aliphatic rings. The normalized spacial score (nSPS) is 11.5. The lowest BCUT2D eigenvalue weighted by Gasteiger charge is -2.08. The Morgan fingerprint density at radius 2 is 1.82 bits per heavy atom. The van der Waals surface area contributed by atoms with Gasteiger partial charge in [0.15, 0.2) is 11.5 Å². The van der Waals surface area contributed by atoms with Gasteiger partial charge in [-0.15, -0.1) is 0 Å². The van der Waals surface area contributed by atoms with Crippen LogP contribution in [0.15, 0.2) is 61.3 Å². The van der Waals surface area contributed by atoms with Crippen molar-refractivity contribution < 1.29 is 9.18 Å². The number of imidazole rings is 1. The number of benzene rings is 1. The molecule has 0 radical (unpaired) electrons. The number of hydrogen-bond acceptors (Lipinski definition) is 7. The molecule has 0 spiro atoms. The summed E-state index contributed by atoms with van der Waals surface area (Å²) in [4.78, 5) is 33.5. The number of carbonyl (C=O) groups excluding carboxylic acids is 1. The third kappa shape index (κ3) is 4.90. The van der Waals surface area contributed by atoms with E-state index in [0.29, 0.717) is 57.0 Å². The number of nitrogens with one attached hydrogen (secondary N) is 3. The molecule has 0 atom stereocenters. The molecule has 10 nitrogen and oxygen atoms in total. The van der Waals surface area contributed by atoms with Crippen molar-refractivity contribution in [1.29, 1.82) is 0 Å². The molecule has 0 fully saturated rings. The van der Waals surface area contributed by atoms with Crippen LogP contribution in [0.3, 0.4) is 0 Å². The van der Waals surface area contributed by atoms with Gasteiger partial charge in [-0.3, -0.25) is 19.9 Å². The van der Waals surface area contributed by atoms with E-state index in [1.165, 1.54) is 12.1 Å². The average molecular weight is 536 g/mol. The van der Waals surface area contributed by atoms with E-state index in [2.05, 4.69) is 35.5 Å². The van der Waals surface area contributed by atoms with Crippen molar-refractivity contribution in [1.82, 2.24) is 35.1 Å². The van der Waals surface area contributed by atoms with E-state index in [4.69, 9.17) is 10.7 Å². The predicted octanol–water partition coefficient (Wildman–Crippen LogP) is 5.21. The number of amides is 1. The van der Waals surface area contributed by atoms with Gasteiger partial charge in [-0.2, -0.15) is 5.10 Å². The second-order valence-corrected chi connectivity index (χ2v) is 10.0. The number of anilines is 1. The van der Waals surface area contributed by atoms with Gasteiger partial charge in [0.1, 0.15) is 11.5 Å². The number of hydrogen-bond donors (Lipinski definition) is 4. The van der Waals surface area contributed by atoms with Crippen LogP contribution < -0.4 is 11.1 Å². The minimum absolute atomic E-state index is 0.0594. The Morgan fingerprint density at radius 1 is 1.00 bits per heavy atom. The monoisotopic (exact) mass is 535 g/mol. The molecule has 0 aliphatic heterocycles. The molecule has 5 aromatic heterocycles. The SMILES string of the molecule is CC(C)CC(=O)Nc1cncc(-c2cnc3n[nH]c(-c4nc5c(-c6cc(F)cc(CN)c6)cncc5[nH]4)c3c2)c1. The molecule has 40 heavy (non-hydrogen) atoms. The second kappa shape index (κ2) is 10.3. The minimum atomic E-state index is -0.373. The van der Waals surface area contributed by atoms with Crippen LogP contribution in [0, 0.1) is 11.7 Å². The lowest BCUT2D eigenvalue weighted by molar-refractivity contribution is -0.116.